The molecule has 0 radical (unpaired) electrons. The Morgan fingerprint density at radius 2 is 0.767 bits per heavy atom. The normalized spacial score (nSPS) is 10.6. The SMILES string of the molecule is COCc1cc(-c2ncc(C)o2)ccc1-c1ccc(Cl)cc1.COCc1cc(-c2ncc(C)o2)ccc1Br.COCc1cc(-c2ncc(C)s2)ccc1Br.COCc1cc(C(=O)N(C)C)ccc1-c1ccc(Cl)s1.COCc1cc(C(=O)N(C)C)ccc1-c1ccc(F)cc1.COCc1cc(C(=O)N(C)C)ccc1-c1cccc(F)c1. The van der Waals surface area contributed by atoms with E-state index in [1.54, 1.807) is 150 Å². The van der Waals surface area contributed by atoms with E-state index in [4.69, 9.17) is 60.5 Å². The van der Waals surface area contributed by atoms with Crippen molar-refractivity contribution in [1.29, 1.82) is 0 Å². The second-order valence-electron chi connectivity index (χ2n) is 26.8. The fraction of sp³-hybridized carbons (Fsp3) is 0.231. The maximum atomic E-state index is 13.4. The predicted octanol–water partition coefficient (Wildman–Crippen LogP) is 23.3. The molecule has 0 spiro atoms. The number of benzene rings is 9. The maximum Gasteiger partial charge on any atom is 0.253 e. The second kappa shape index (κ2) is 45.7. The van der Waals surface area contributed by atoms with Gasteiger partial charge in [0.2, 0.25) is 11.8 Å². The van der Waals surface area contributed by atoms with Crippen LogP contribution in [0.4, 0.5) is 8.78 Å². The van der Waals surface area contributed by atoms with Gasteiger partial charge in [0, 0.05) is 148 Å². The third kappa shape index (κ3) is 26.7. The average molecular weight is 1780 g/mol. The van der Waals surface area contributed by atoms with Crippen molar-refractivity contribution < 1.29 is 60.4 Å². The van der Waals surface area contributed by atoms with Gasteiger partial charge in [-0.1, -0.05) is 122 Å². The van der Waals surface area contributed by atoms with Gasteiger partial charge in [-0.2, -0.15) is 0 Å². The molecule has 3 amide bonds. The predicted molar refractivity (Wildman–Crippen MR) is 468 cm³/mol. The zero-order valence-corrected chi connectivity index (χ0v) is 73.5. The minimum Gasteiger partial charge on any atom is -0.441 e. The summed E-state index contributed by atoms with van der Waals surface area (Å²) in [5.74, 6) is 2.17. The number of hydrogen-bond acceptors (Lipinski definition) is 16. The fourth-order valence-corrected chi connectivity index (χ4v) is 14.4. The lowest BCUT2D eigenvalue weighted by Crippen LogP contribution is -2.21. The molecule has 0 saturated carbocycles. The standard InChI is InChI=1S/C18H16ClNO2.2C17H18FNO2.C15H16ClNO2S.C12H12BrNO2.C12H12BrNOS/c1-12-10-20-18(22-12)14-5-8-17(15(9-14)11-21-2)13-3-6-16(19)7-4-13;1-19(2)17(20)13-6-9-16(14(10-13)11-21-3)12-4-7-15(18)8-5-12;1-19(2)17(20)13-7-8-16(14(9-13)11-21-3)12-5-4-6-15(18)10-12;1-17(2)15(18)10-4-5-12(11(8-10)9-19-3)13-6-7-14(16)20-13;2*1-8-6-14-12(16-8)9-3-4-11(13)10(5-9)7-15-2/h3-10H,11H2,1-2H3;2*4-10H,11H2,1-3H3;4-8H,9H2,1-3H3;2*3-6H,7H2,1-2H3. The summed E-state index contributed by atoms with van der Waals surface area (Å²) in [6, 6.07) is 59.1. The van der Waals surface area contributed by atoms with Gasteiger partial charge in [0.1, 0.15) is 28.2 Å². The summed E-state index contributed by atoms with van der Waals surface area (Å²) >= 11 is 22.2. The Kier molecular flexibility index (Phi) is 36.2. The lowest BCUT2D eigenvalue weighted by Gasteiger charge is -2.14. The van der Waals surface area contributed by atoms with Gasteiger partial charge < -0.3 is 52.0 Å². The van der Waals surface area contributed by atoms with Crippen molar-refractivity contribution in [3.05, 3.63) is 309 Å². The van der Waals surface area contributed by atoms with E-state index in [-0.39, 0.29) is 29.4 Å². The van der Waals surface area contributed by atoms with Crippen LogP contribution in [-0.2, 0) is 68.1 Å². The van der Waals surface area contributed by atoms with Crippen molar-refractivity contribution in [3.8, 4) is 77.3 Å². The number of oxazole rings is 2. The zero-order valence-electron chi connectivity index (χ0n) is 67.2. The molecule has 4 heterocycles. The number of methoxy groups -OCH3 is 6. The van der Waals surface area contributed by atoms with E-state index in [9.17, 15) is 23.2 Å². The summed E-state index contributed by atoms with van der Waals surface area (Å²) < 4.78 is 71.6. The molecule has 0 aliphatic carbocycles. The molecule has 4 aromatic heterocycles. The first-order chi connectivity index (χ1) is 55.6. The second-order valence-corrected chi connectivity index (χ2v) is 31.8. The highest BCUT2D eigenvalue weighted by Crippen LogP contribution is 2.37. The number of hydrogen-bond donors (Lipinski definition) is 0. The molecule has 0 bridgehead atoms. The summed E-state index contributed by atoms with van der Waals surface area (Å²) in [4.78, 5) is 55.8. The number of nitrogens with zero attached hydrogens (tertiary/aromatic N) is 6. The van der Waals surface area contributed by atoms with Crippen LogP contribution in [0.25, 0.3) is 77.3 Å². The van der Waals surface area contributed by atoms with E-state index in [1.165, 1.54) is 50.3 Å². The number of carbonyl (C=O) groups is 3. The molecule has 13 aromatic rings. The van der Waals surface area contributed by atoms with Crippen LogP contribution in [0.2, 0.25) is 9.36 Å². The van der Waals surface area contributed by atoms with Gasteiger partial charge in [-0.3, -0.25) is 14.4 Å². The third-order valence-electron chi connectivity index (χ3n) is 17.2. The molecule has 0 fully saturated rings. The first-order valence-electron chi connectivity index (χ1n) is 36.2. The first-order valence-corrected chi connectivity index (χ1v) is 40.1. The minimum atomic E-state index is -0.288. The number of thiophene rings is 1. The van der Waals surface area contributed by atoms with Gasteiger partial charge >= 0.3 is 0 Å². The number of aryl methyl sites for hydroxylation is 3. The Bertz CT molecular complexity index is 5290. The molecule has 116 heavy (non-hydrogen) atoms. The van der Waals surface area contributed by atoms with Crippen LogP contribution in [0, 0.1) is 32.4 Å². The highest BCUT2D eigenvalue weighted by Gasteiger charge is 2.19. The number of rotatable bonds is 22. The summed E-state index contributed by atoms with van der Waals surface area (Å²) in [6.07, 6.45) is 5.34. The van der Waals surface area contributed by atoms with E-state index < -0.39 is 0 Å². The van der Waals surface area contributed by atoms with Crippen molar-refractivity contribution in [2.24, 2.45) is 0 Å². The van der Waals surface area contributed by atoms with Crippen molar-refractivity contribution in [1.82, 2.24) is 29.7 Å². The molecule has 0 atom stereocenters. The van der Waals surface area contributed by atoms with Crippen LogP contribution in [0.3, 0.4) is 0 Å². The van der Waals surface area contributed by atoms with Gasteiger partial charge in [0.25, 0.3) is 17.7 Å². The van der Waals surface area contributed by atoms with Gasteiger partial charge in [0.15, 0.2) is 0 Å². The number of carbonyl (C=O) groups excluding carboxylic acids is 3. The highest BCUT2D eigenvalue weighted by molar-refractivity contribution is 9.10. The maximum absolute atomic E-state index is 13.4. The summed E-state index contributed by atoms with van der Waals surface area (Å²) in [6.45, 7) is 8.73. The Balaban J connectivity index is 0.000000175. The monoisotopic (exact) mass is 1770 g/mol. The van der Waals surface area contributed by atoms with Gasteiger partial charge in [-0.25, -0.2) is 23.7 Å². The van der Waals surface area contributed by atoms with Gasteiger partial charge in [-0.15, -0.1) is 22.7 Å². The third-order valence-corrected chi connectivity index (χ3v) is 21.2. The quantitative estimate of drug-likeness (QED) is 0.0625. The van der Waals surface area contributed by atoms with Crippen molar-refractivity contribution in [2.75, 3.05) is 84.9 Å². The molecule has 0 N–H and O–H groups in total. The van der Waals surface area contributed by atoms with E-state index in [1.807, 2.05) is 129 Å². The molecule has 25 heteroatoms. The topological polar surface area (TPSA) is 181 Å². The number of thiazole rings is 1. The molecule has 17 nitrogen and oxygen atoms in total. The molecule has 0 unspecified atom stereocenters. The highest BCUT2D eigenvalue weighted by atomic mass is 79.9. The van der Waals surface area contributed by atoms with Crippen LogP contribution in [0.15, 0.2) is 230 Å². The lowest BCUT2D eigenvalue weighted by atomic mass is 9.97. The van der Waals surface area contributed by atoms with E-state index in [0.29, 0.717) is 68.1 Å². The molecule has 9 aromatic carbocycles. The van der Waals surface area contributed by atoms with Crippen molar-refractivity contribution >= 4 is 95.5 Å². The fourth-order valence-electron chi connectivity index (χ4n) is 11.7. The van der Waals surface area contributed by atoms with Crippen LogP contribution < -0.4 is 0 Å². The number of ether oxygens (including phenoxy) is 6. The smallest absolute Gasteiger partial charge is 0.253 e. The Labute approximate surface area is 712 Å². The van der Waals surface area contributed by atoms with Crippen LogP contribution in [-0.4, -0.2) is 132 Å². The summed E-state index contributed by atoms with van der Waals surface area (Å²) in [5, 5.41) is 1.78. The molecule has 606 valence electrons. The largest absolute Gasteiger partial charge is 0.441 e. The molecule has 0 saturated heterocycles. The van der Waals surface area contributed by atoms with Crippen LogP contribution in [0.1, 0.15) is 80.9 Å². The lowest BCUT2D eigenvalue weighted by molar-refractivity contribution is 0.0820. The number of amides is 3. The van der Waals surface area contributed by atoms with Gasteiger partial charge in [-0.05, 0) is 220 Å². The molecule has 13 rings (SSSR count). The van der Waals surface area contributed by atoms with Gasteiger partial charge in [0.05, 0.1) is 56.4 Å². The Morgan fingerprint density at radius 1 is 0.388 bits per heavy atom. The van der Waals surface area contributed by atoms with E-state index in [0.717, 1.165) is 129 Å². The van der Waals surface area contributed by atoms with E-state index >= 15 is 0 Å². The molecular weight excluding hydrogens is 1690 g/mol. The van der Waals surface area contributed by atoms with Crippen molar-refractivity contribution in [2.45, 2.75) is 60.4 Å². The Morgan fingerprint density at radius 3 is 1.17 bits per heavy atom. The molecule has 0 aliphatic rings. The first kappa shape index (κ1) is 91.8. The minimum absolute atomic E-state index is 0.0156. The molecular formula is C91H92Br2Cl2F2N6O11S2. The van der Waals surface area contributed by atoms with Crippen LogP contribution in [0.5, 0.6) is 0 Å². The molecule has 0 aliphatic heterocycles. The number of aromatic nitrogens is 3. The number of halogens is 6. The van der Waals surface area contributed by atoms with Crippen molar-refractivity contribution in [3.63, 3.8) is 0 Å². The zero-order chi connectivity index (χ0) is 84.1. The average Bonchev–Trinajstić information content (AvgIpc) is 1.32. The summed E-state index contributed by atoms with van der Waals surface area (Å²) in [7, 11) is 20.2. The van der Waals surface area contributed by atoms with Crippen LogP contribution >= 0.6 is 77.7 Å². The Hall–Kier alpha value is -9.70. The van der Waals surface area contributed by atoms with E-state index in [2.05, 4.69) is 78.0 Å². The summed E-state index contributed by atoms with van der Waals surface area (Å²) in [5.41, 5.74) is 17.7.